The predicted molar refractivity (Wildman–Crippen MR) is 187 cm³/mol. The van der Waals surface area contributed by atoms with Crippen molar-refractivity contribution in [1.82, 2.24) is 9.80 Å². The monoisotopic (exact) mass is 703 g/mol. The molecular weight excluding hydrogens is 666 g/mol. The maximum Gasteiger partial charge on any atom is 0.358 e. The lowest BCUT2D eigenvalue weighted by Gasteiger charge is -2.44. The number of hydrogen-bond donors (Lipinski definition) is 1. The molecule has 6 aliphatic rings. The van der Waals surface area contributed by atoms with Crippen LogP contribution in [0.5, 0.6) is 11.5 Å². The molecule has 0 saturated carbocycles. The largest absolute Gasteiger partial charge is 0.457 e. The van der Waals surface area contributed by atoms with E-state index < -0.39 is 17.1 Å². The second-order valence-corrected chi connectivity index (χ2v) is 14.2. The summed E-state index contributed by atoms with van der Waals surface area (Å²) in [5.74, 6) is -0.232. The molecule has 5 aliphatic heterocycles. The van der Waals surface area contributed by atoms with Gasteiger partial charge in [0.2, 0.25) is 17.7 Å². The topological polar surface area (TPSA) is 171 Å². The molecule has 0 aromatic heterocycles. The summed E-state index contributed by atoms with van der Waals surface area (Å²) >= 11 is 0. The highest BCUT2D eigenvalue weighted by Gasteiger charge is 2.62. The number of amides is 3. The SMILES string of the molecule is [N-]=[N+]=C1C(=O)c2ccc(C(N)=O)cc2C12c1ccc(N3CC(C(=O)N4CCOCC4)C3)cc1Oc1cc(N3CC(C(=O)N4CCOCC4)C3)ccc12. The van der Waals surface area contributed by atoms with E-state index >= 15 is 0 Å². The standard InChI is InChI=1S/C38H37N7O7/c39-35(47)22-1-4-27-30(15-22)38(34(41-40)33(27)46)28-5-2-25(44-18-23(19-44)36(48)42-7-11-50-12-8-42)16-31(28)52-32-17-26(3-6-29(32)38)45-20-24(21-45)37(49)43-9-13-51-14-10-43/h1-6,15-17,23-24H,7-14,18-21H2,(H2,39,47). The maximum absolute atomic E-state index is 14.0. The highest BCUT2D eigenvalue weighted by atomic mass is 16.5. The molecule has 0 bridgehead atoms. The van der Waals surface area contributed by atoms with E-state index in [1.54, 1.807) is 12.1 Å². The van der Waals surface area contributed by atoms with Gasteiger partial charge in [0.1, 0.15) is 11.5 Å². The van der Waals surface area contributed by atoms with Crippen LogP contribution < -0.4 is 20.3 Å². The molecule has 2 N–H and O–H groups in total. The van der Waals surface area contributed by atoms with Crippen molar-refractivity contribution in [3.63, 3.8) is 0 Å². The minimum Gasteiger partial charge on any atom is -0.457 e. The molecule has 4 fully saturated rings. The average Bonchev–Trinajstić information content (AvgIpc) is 3.37. The van der Waals surface area contributed by atoms with Crippen LogP contribution in [0.25, 0.3) is 5.53 Å². The Morgan fingerprint density at radius 3 is 1.67 bits per heavy atom. The summed E-state index contributed by atoms with van der Waals surface area (Å²) in [6, 6.07) is 16.0. The van der Waals surface area contributed by atoms with Gasteiger partial charge in [-0.25, -0.2) is 0 Å². The number of fused-ring (bicyclic) bond motifs is 6. The van der Waals surface area contributed by atoms with Crippen molar-refractivity contribution >= 4 is 40.6 Å². The quantitative estimate of drug-likeness (QED) is 0.307. The number of primary amides is 1. The summed E-state index contributed by atoms with van der Waals surface area (Å²) in [6.07, 6.45) is 0. The van der Waals surface area contributed by atoms with Crippen LogP contribution in [-0.4, -0.2) is 123 Å². The van der Waals surface area contributed by atoms with E-state index in [0.717, 1.165) is 11.4 Å². The van der Waals surface area contributed by atoms with Crippen molar-refractivity contribution in [3.8, 4) is 11.5 Å². The van der Waals surface area contributed by atoms with Crippen molar-refractivity contribution in [2.24, 2.45) is 17.6 Å². The van der Waals surface area contributed by atoms with Crippen LogP contribution in [0.15, 0.2) is 54.6 Å². The Morgan fingerprint density at radius 1 is 0.712 bits per heavy atom. The first-order valence-corrected chi connectivity index (χ1v) is 17.7. The van der Waals surface area contributed by atoms with Gasteiger partial charge in [0.25, 0.3) is 5.78 Å². The van der Waals surface area contributed by atoms with Crippen LogP contribution in [0.1, 0.15) is 37.4 Å². The van der Waals surface area contributed by atoms with Crippen molar-refractivity contribution in [1.29, 1.82) is 0 Å². The molecule has 3 aromatic rings. The van der Waals surface area contributed by atoms with Crippen molar-refractivity contribution < 1.29 is 38.2 Å². The minimum atomic E-state index is -1.42. The van der Waals surface area contributed by atoms with E-state index in [0.29, 0.717) is 113 Å². The predicted octanol–water partition coefficient (Wildman–Crippen LogP) is 1.68. The molecule has 0 unspecified atom stereocenters. The van der Waals surface area contributed by atoms with Gasteiger partial charge in [0.05, 0.1) is 38.3 Å². The molecule has 3 amide bonds. The summed E-state index contributed by atoms with van der Waals surface area (Å²) in [5, 5.41) is 0. The van der Waals surface area contributed by atoms with E-state index in [1.807, 2.05) is 46.2 Å². The molecule has 0 atom stereocenters. The molecular formula is C38H37N7O7. The van der Waals surface area contributed by atoms with Crippen LogP contribution in [0, 0.1) is 11.8 Å². The van der Waals surface area contributed by atoms with Crippen molar-refractivity contribution in [2.75, 3.05) is 88.6 Å². The lowest BCUT2D eigenvalue weighted by molar-refractivity contribution is -0.141. The van der Waals surface area contributed by atoms with Crippen LogP contribution in [0.4, 0.5) is 11.4 Å². The highest BCUT2D eigenvalue weighted by Crippen LogP contribution is 2.57. The Kier molecular flexibility index (Phi) is 7.65. The molecule has 14 heteroatoms. The fourth-order valence-corrected chi connectivity index (χ4v) is 8.54. The lowest BCUT2D eigenvalue weighted by atomic mass is 9.67. The molecule has 52 heavy (non-hydrogen) atoms. The Hall–Kier alpha value is -5.56. The van der Waals surface area contributed by atoms with Gasteiger partial charge in [-0.3, -0.25) is 19.2 Å². The smallest absolute Gasteiger partial charge is 0.358 e. The Bertz CT molecular complexity index is 1990. The zero-order valence-electron chi connectivity index (χ0n) is 28.5. The van der Waals surface area contributed by atoms with Crippen LogP contribution in [0.3, 0.4) is 0 Å². The second kappa shape index (κ2) is 12.3. The molecule has 3 aromatic carbocycles. The molecule has 1 aliphatic carbocycles. The van der Waals surface area contributed by atoms with Gasteiger partial charge in [-0.05, 0) is 35.9 Å². The Balaban J connectivity index is 1.08. The van der Waals surface area contributed by atoms with E-state index in [9.17, 15) is 24.7 Å². The molecule has 9 rings (SSSR count). The number of nitrogens with two attached hydrogens (primary N) is 1. The number of benzene rings is 3. The summed E-state index contributed by atoms with van der Waals surface area (Å²) in [5.41, 5.74) is 18.5. The second-order valence-electron chi connectivity index (χ2n) is 14.2. The number of ether oxygens (including phenoxy) is 3. The van der Waals surface area contributed by atoms with Gasteiger partial charge in [-0.1, -0.05) is 12.1 Å². The van der Waals surface area contributed by atoms with Gasteiger partial charge >= 0.3 is 5.71 Å². The zero-order chi connectivity index (χ0) is 35.7. The van der Waals surface area contributed by atoms with E-state index in [4.69, 9.17) is 19.9 Å². The van der Waals surface area contributed by atoms with Gasteiger partial charge < -0.3 is 45.1 Å². The number of anilines is 2. The third-order valence-electron chi connectivity index (χ3n) is 11.4. The summed E-state index contributed by atoms with van der Waals surface area (Å²) in [7, 11) is 0. The van der Waals surface area contributed by atoms with Gasteiger partial charge in [0, 0.05) is 98.1 Å². The lowest BCUT2D eigenvalue weighted by Crippen LogP contribution is -2.56. The van der Waals surface area contributed by atoms with E-state index in [2.05, 4.69) is 14.6 Å². The molecule has 14 nitrogen and oxygen atoms in total. The number of carbonyl (C=O) groups is 4. The maximum atomic E-state index is 14.0. The summed E-state index contributed by atoms with van der Waals surface area (Å²) in [6.45, 7) is 6.77. The van der Waals surface area contributed by atoms with E-state index in [-0.39, 0.29) is 34.9 Å². The third kappa shape index (κ3) is 4.85. The number of hydrogen-bond acceptors (Lipinski definition) is 9. The summed E-state index contributed by atoms with van der Waals surface area (Å²) in [4.78, 5) is 64.2. The van der Waals surface area contributed by atoms with Gasteiger partial charge in [0.15, 0.2) is 5.41 Å². The Labute approximate surface area is 299 Å². The number of Topliss-reactive ketones (excluding diaryl/α,β-unsaturated/α-hetero) is 1. The molecule has 0 radical (unpaired) electrons. The fourth-order valence-electron chi connectivity index (χ4n) is 8.54. The third-order valence-corrected chi connectivity index (χ3v) is 11.4. The number of rotatable bonds is 5. The zero-order valence-corrected chi connectivity index (χ0v) is 28.5. The van der Waals surface area contributed by atoms with Crippen LogP contribution >= 0.6 is 0 Å². The first-order valence-electron chi connectivity index (χ1n) is 17.7. The average molecular weight is 704 g/mol. The molecule has 266 valence electrons. The first kappa shape index (κ1) is 32.4. The van der Waals surface area contributed by atoms with Gasteiger partial charge in [-0.15, -0.1) is 0 Å². The normalized spacial score (nSPS) is 20.7. The van der Waals surface area contributed by atoms with Gasteiger partial charge in [-0.2, -0.15) is 4.79 Å². The number of ketones is 1. The molecule has 1 spiro atoms. The van der Waals surface area contributed by atoms with Crippen molar-refractivity contribution in [2.45, 2.75) is 5.41 Å². The molecule has 5 heterocycles. The summed E-state index contributed by atoms with van der Waals surface area (Å²) < 4.78 is 17.5. The first-order chi connectivity index (χ1) is 25.3. The fraction of sp³-hybridized carbons (Fsp3) is 0.395. The Morgan fingerprint density at radius 2 is 1.21 bits per heavy atom. The number of carbonyl (C=O) groups excluding carboxylic acids is 4. The number of morpholine rings is 2. The van der Waals surface area contributed by atoms with E-state index in [1.165, 1.54) is 6.07 Å². The van der Waals surface area contributed by atoms with Crippen molar-refractivity contribution in [3.05, 3.63) is 87.9 Å². The highest BCUT2D eigenvalue weighted by molar-refractivity contribution is 6.52. The number of nitrogens with zero attached hydrogens (tertiary/aromatic N) is 6. The minimum absolute atomic E-state index is 0.115. The molecule has 4 saturated heterocycles. The van der Waals surface area contributed by atoms with Crippen LogP contribution in [-0.2, 0) is 24.5 Å². The van der Waals surface area contributed by atoms with Crippen LogP contribution in [0.2, 0.25) is 0 Å².